The van der Waals surface area contributed by atoms with Gasteiger partial charge < -0.3 is 24.3 Å². The Hall–Kier alpha value is -3.62. The molecule has 1 N–H and O–H groups in total. The molecule has 0 fully saturated rings. The van der Waals surface area contributed by atoms with Crippen LogP contribution in [0.15, 0.2) is 30.3 Å². The summed E-state index contributed by atoms with van der Waals surface area (Å²) >= 11 is 0. The van der Waals surface area contributed by atoms with Gasteiger partial charge in [0.05, 0.1) is 23.5 Å². The van der Waals surface area contributed by atoms with Crippen molar-refractivity contribution in [1.82, 2.24) is 4.57 Å². The molecular formula is C23H27N3O6. The number of para-hydroxylation sites is 2. The van der Waals surface area contributed by atoms with E-state index in [0.29, 0.717) is 28.3 Å². The Morgan fingerprint density at radius 3 is 2.59 bits per heavy atom. The second-order valence-electron chi connectivity index (χ2n) is 7.63. The number of carbonyl (C=O) groups excluding carboxylic acids is 4. The van der Waals surface area contributed by atoms with Crippen molar-refractivity contribution in [2.75, 3.05) is 23.4 Å². The number of aromatic nitrogens is 1. The van der Waals surface area contributed by atoms with Gasteiger partial charge in [-0.1, -0.05) is 12.1 Å². The highest BCUT2D eigenvalue weighted by Gasteiger charge is 2.30. The van der Waals surface area contributed by atoms with Crippen LogP contribution in [0.2, 0.25) is 0 Å². The normalized spacial score (nSPS) is 15.4. The number of benzene rings is 1. The van der Waals surface area contributed by atoms with Gasteiger partial charge in [0.15, 0.2) is 6.61 Å². The molecule has 0 spiro atoms. The number of ether oxygens (including phenoxy) is 2. The molecule has 2 amide bonds. The van der Waals surface area contributed by atoms with E-state index in [-0.39, 0.29) is 25.5 Å². The first-order valence-corrected chi connectivity index (χ1v) is 10.4. The maximum Gasteiger partial charge on any atom is 0.339 e. The highest BCUT2D eigenvalue weighted by Crippen LogP contribution is 2.31. The number of carbonyl (C=O) groups is 4. The van der Waals surface area contributed by atoms with Gasteiger partial charge in [0.1, 0.15) is 6.54 Å². The van der Waals surface area contributed by atoms with Crippen LogP contribution in [0, 0.1) is 13.8 Å². The summed E-state index contributed by atoms with van der Waals surface area (Å²) in [7, 11) is 0. The third kappa shape index (κ3) is 4.82. The summed E-state index contributed by atoms with van der Waals surface area (Å²) in [5.74, 6) is -1.68. The van der Waals surface area contributed by atoms with E-state index in [0.717, 1.165) is 0 Å². The van der Waals surface area contributed by atoms with Crippen LogP contribution in [0.3, 0.4) is 0 Å². The molecule has 2 aromatic rings. The Labute approximate surface area is 186 Å². The van der Waals surface area contributed by atoms with Gasteiger partial charge in [0.2, 0.25) is 5.91 Å². The highest BCUT2D eigenvalue weighted by molar-refractivity contribution is 6.05. The molecule has 1 aliphatic heterocycles. The minimum atomic E-state index is -0.611. The van der Waals surface area contributed by atoms with E-state index in [1.165, 1.54) is 4.90 Å². The third-order valence-electron chi connectivity index (χ3n) is 5.34. The monoisotopic (exact) mass is 441 g/mol. The Morgan fingerprint density at radius 2 is 1.88 bits per heavy atom. The van der Waals surface area contributed by atoms with E-state index < -0.39 is 30.5 Å². The number of hydrogen-bond donors (Lipinski definition) is 1. The molecule has 1 aliphatic rings. The van der Waals surface area contributed by atoms with Crippen molar-refractivity contribution in [1.29, 1.82) is 0 Å². The Balaban J connectivity index is 1.69. The number of anilines is 2. The summed E-state index contributed by atoms with van der Waals surface area (Å²) in [6.45, 7) is 6.63. The van der Waals surface area contributed by atoms with E-state index >= 15 is 0 Å². The summed E-state index contributed by atoms with van der Waals surface area (Å²) in [4.78, 5) is 51.0. The summed E-state index contributed by atoms with van der Waals surface area (Å²) in [5.41, 5.74) is 2.77. The maximum absolute atomic E-state index is 12.9. The largest absolute Gasteiger partial charge is 0.462 e. The summed E-state index contributed by atoms with van der Waals surface area (Å²) in [5, 5.41) is 2.79. The van der Waals surface area contributed by atoms with E-state index in [4.69, 9.17) is 9.47 Å². The minimum absolute atomic E-state index is 0.132. The molecule has 1 unspecified atom stereocenters. The molecule has 0 saturated heterocycles. The zero-order valence-electron chi connectivity index (χ0n) is 18.6. The lowest BCUT2D eigenvalue weighted by Gasteiger charge is -2.27. The molecular weight excluding hydrogens is 414 g/mol. The molecule has 1 aromatic carbocycles. The number of nitrogens with one attached hydrogen (secondary N) is 1. The molecule has 0 radical (unpaired) electrons. The molecule has 0 bridgehead atoms. The number of nitrogens with zero attached hydrogens (tertiary/aromatic N) is 2. The van der Waals surface area contributed by atoms with E-state index in [1.54, 1.807) is 62.6 Å². The lowest BCUT2D eigenvalue weighted by atomic mass is 10.1. The van der Waals surface area contributed by atoms with Gasteiger partial charge in [-0.3, -0.25) is 14.4 Å². The zero-order valence-corrected chi connectivity index (χ0v) is 18.6. The van der Waals surface area contributed by atoms with Crippen molar-refractivity contribution < 1.29 is 28.7 Å². The molecule has 9 heteroatoms. The van der Waals surface area contributed by atoms with Gasteiger partial charge in [0.25, 0.3) is 5.91 Å². The molecule has 1 aromatic heterocycles. The van der Waals surface area contributed by atoms with Crippen molar-refractivity contribution >= 4 is 35.1 Å². The fourth-order valence-electron chi connectivity index (χ4n) is 3.81. The average Bonchev–Trinajstić information content (AvgIpc) is 2.94. The smallest absolute Gasteiger partial charge is 0.339 e. The lowest BCUT2D eigenvalue weighted by Crippen LogP contribution is -2.41. The maximum atomic E-state index is 12.9. The van der Waals surface area contributed by atoms with Gasteiger partial charge in [-0.25, -0.2) is 4.79 Å². The molecule has 2 heterocycles. The van der Waals surface area contributed by atoms with E-state index in [9.17, 15) is 19.2 Å². The van der Waals surface area contributed by atoms with Crippen LogP contribution in [-0.2, 0) is 30.4 Å². The first-order valence-electron chi connectivity index (χ1n) is 10.4. The average molecular weight is 441 g/mol. The SMILES string of the molecule is CCOC(=O)c1cc(C)n(CC(=O)OCC(=O)N2c3ccccc3NC(=O)CC2C)c1C. The number of amides is 2. The quantitative estimate of drug-likeness (QED) is 0.691. The molecule has 170 valence electrons. The number of hydrogen-bond acceptors (Lipinski definition) is 6. The Bertz CT molecular complexity index is 1060. The van der Waals surface area contributed by atoms with Crippen LogP contribution >= 0.6 is 0 Å². The van der Waals surface area contributed by atoms with Crippen LogP contribution in [0.4, 0.5) is 11.4 Å². The molecule has 0 aliphatic carbocycles. The van der Waals surface area contributed by atoms with Gasteiger partial charge in [-0.05, 0) is 45.9 Å². The van der Waals surface area contributed by atoms with E-state index in [1.807, 2.05) is 0 Å². The minimum Gasteiger partial charge on any atom is -0.462 e. The van der Waals surface area contributed by atoms with Crippen molar-refractivity contribution in [3.63, 3.8) is 0 Å². The number of aryl methyl sites for hydroxylation is 1. The van der Waals surface area contributed by atoms with Gasteiger partial charge >= 0.3 is 11.9 Å². The predicted octanol–water partition coefficient (Wildman–Crippen LogP) is 2.59. The van der Waals surface area contributed by atoms with Crippen LogP contribution in [-0.4, -0.2) is 47.6 Å². The highest BCUT2D eigenvalue weighted by atomic mass is 16.5. The third-order valence-corrected chi connectivity index (χ3v) is 5.34. The number of esters is 2. The summed E-state index contributed by atoms with van der Waals surface area (Å²) < 4.78 is 11.9. The standard InChI is InChI=1S/C23H27N3O6/c1-5-31-23(30)17-10-14(2)25(16(17)4)12-22(29)32-13-21(28)26-15(3)11-20(27)24-18-8-6-7-9-19(18)26/h6-10,15H,5,11-13H2,1-4H3,(H,24,27). The van der Waals surface area contributed by atoms with Crippen molar-refractivity contribution in [3.05, 3.63) is 47.3 Å². The molecule has 3 rings (SSSR count). The topological polar surface area (TPSA) is 107 Å². The summed E-state index contributed by atoms with van der Waals surface area (Å²) in [6.07, 6.45) is 0.132. The van der Waals surface area contributed by atoms with Crippen molar-refractivity contribution in [2.24, 2.45) is 0 Å². The van der Waals surface area contributed by atoms with Crippen LogP contribution in [0.25, 0.3) is 0 Å². The fourth-order valence-corrected chi connectivity index (χ4v) is 3.81. The number of fused-ring (bicyclic) bond motifs is 1. The Kier molecular flexibility index (Phi) is 6.97. The van der Waals surface area contributed by atoms with Gasteiger partial charge in [-0.2, -0.15) is 0 Å². The first kappa shape index (κ1) is 23.1. The fraction of sp³-hybridized carbons (Fsp3) is 0.391. The predicted molar refractivity (Wildman–Crippen MR) is 117 cm³/mol. The molecule has 0 saturated carbocycles. The van der Waals surface area contributed by atoms with Gasteiger partial charge in [-0.15, -0.1) is 0 Å². The first-order chi connectivity index (χ1) is 15.2. The van der Waals surface area contributed by atoms with Crippen molar-refractivity contribution in [2.45, 2.75) is 46.7 Å². The van der Waals surface area contributed by atoms with E-state index in [2.05, 4.69) is 5.32 Å². The second-order valence-corrected chi connectivity index (χ2v) is 7.63. The molecule has 1 atom stereocenters. The molecule has 9 nitrogen and oxygen atoms in total. The molecule has 32 heavy (non-hydrogen) atoms. The van der Waals surface area contributed by atoms with Crippen molar-refractivity contribution in [3.8, 4) is 0 Å². The Morgan fingerprint density at radius 1 is 1.16 bits per heavy atom. The van der Waals surface area contributed by atoms with Gasteiger partial charge in [0, 0.05) is 23.9 Å². The van der Waals surface area contributed by atoms with Crippen LogP contribution < -0.4 is 10.2 Å². The zero-order chi connectivity index (χ0) is 23.4. The number of rotatable bonds is 6. The summed E-state index contributed by atoms with van der Waals surface area (Å²) in [6, 6.07) is 8.26. The van der Waals surface area contributed by atoms with Crippen LogP contribution in [0.1, 0.15) is 42.0 Å². The second kappa shape index (κ2) is 9.67. The lowest BCUT2D eigenvalue weighted by molar-refractivity contribution is -0.148. The van der Waals surface area contributed by atoms with Crippen LogP contribution in [0.5, 0.6) is 0 Å².